The van der Waals surface area contributed by atoms with Crippen molar-refractivity contribution in [3.63, 3.8) is 0 Å². The average Bonchev–Trinajstić information content (AvgIpc) is 3.15. The number of rotatable bonds is 5. The predicted molar refractivity (Wildman–Crippen MR) is 97.9 cm³/mol. The lowest BCUT2D eigenvalue weighted by atomic mass is 10.2. The summed E-state index contributed by atoms with van der Waals surface area (Å²) in [6.07, 6.45) is -2.12. The quantitative estimate of drug-likeness (QED) is 0.505. The molecule has 1 atom stereocenters. The maximum atomic E-state index is 14.1. The van der Waals surface area contributed by atoms with Crippen LogP contribution in [-0.2, 0) is 10.9 Å². The molecule has 2 heterocycles. The Balaban J connectivity index is 1.70. The van der Waals surface area contributed by atoms with E-state index in [1.807, 2.05) is 4.90 Å². The van der Waals surface area contributed by atoms with Gasteiger partial charge in [-0.05, 0) is 31.0 Å². The number of benzene rings is 1. The molecule has 156 valence electrons. The first-order valence-corrected chi connectivity index (χ1v) is 9.08. The van der Waals surface area contributed by atoms with Gasteiger partial charge in [0.05, 0.1) is 29.3 Å². The van der Waals surface area contributed by atoms with Gasteiger partial charge in [-0.1, -0.05) is 11.6 Å². The van der Waals surface area contributed by atoms with Crippen LogP contribution in [0, 0.1) is 5.82 Å². The lowest BCUT2D eigenvalue weighted by molar-refractivity contribution is -0.137. The first-order valence-electron chi connectivity index (χ1n) is 8.70. The molecule has 0 bridgehead atoms. The van der Waals surface area contributed by atoms with Crippen molar-refractivity contribution in [1.82, 2.24) is 4.98 Å². The van der Waals surface area contributed by atoms with Crippen molar-refractivity contribution in [2.45, 2.75) is 25.1 Å². The van der Waals surface area contributed by atoms with E-state index in [1.165, 1.54) is 6.07 Å². The summed E-state index contributed by atoms with van der Waals surface area (Å²) in [4.78, 5) is 17.3. The normalized spacial score (nSPS) is 16.8. The van der Waals surface area contributed by atoms with Crippen LogP contribution in [0.15, 0.2) is 30.5 Å². The molecule has 1 saturated heterocycles. The van der Waals surface area contributed by atoms with Gasteiger partial charge in [0.1, 0.15) is 24.0 Å². The highest BCUT2D eigenvalue weighted by Crippen LogP contribution is 2.32. The van der Waals surface area contributed by atoms with Crippen molar-refractivity contribution < 1.29 is 31.8 Å². The highest BCUT2D eigenvalue weighted by molar-refractivity contribution is 6.32. The summed E-state index contributed by atoms with van der Waals surface area (Å²) in [5, 5.41) is 0.0454. The smallest absolute Gasteiger partial charge is 0.417 e. The van der Waals surface area contributed by atoms with Gasteiger partial charge < -0.3 is 14.4 Å². The van der Waals surface area contributed by atoms with E-state index in [-0.39, 0.29) is 29.0 Å². The number of carbonyl (C=O) groups excluding carboxylic acids is 1. The molecule has 0 aliphatic carbocycles. The van der Waals surface area contributed by atoms with E-state index in [9.17, 15) is 22.4 Å². The minimum atomic E-state index is -4.45. The van der Waals surface area contributed by atoms with Crippen LogP contribution in [0.4, 0.5) is 23.4 Å². The minimum absolute atomic E-state index is 0.0454. The van der Waals surface area contributed by atoms with E-state index < -0.39 is 23.5 Å². The topological polar surface area (TPSA) is 51.7 Å². The van der Waals surface area contributed by atoms with Crippen molar-refractivity contribution in [3.8, 4) is 5.75 Å². The molecule has 1 fully saturated rings. The van der Waals surface area contributed by atoms with Crippen molar-refractivity contribution in [2.24, 2.45) is 0 Å². The van der Waals surface area contributed by atoms with E-state index in [1.54, 1.807) is 0 Å². The maximum Gasteiger partial charge on any atom is 0.417 e. The van der Waals surface area contributed by atoms with E-state index in [0.29, 0.717) is 12.4 Å². The number of ether oxygens (including phenoxy) is 2. The number of carbonyl (C=O) groups is 1. The first kappa shape index (κ1) is 21.2. The first-order chi connectivity index (χ1) is 13.7. The largest absolute Gasteiger partial charge is 0.490 e. The summed E-state index contributed by atoms with van der Waals surface area (Å²) in [5.74, 6) is -1.22. The standard InChI is InChI=1S/C19H17ClF4N2O3/c1-28-18(27)13-7-14(20)16(8-15(13)21)29-10-12-3-2-6-26(12)17-5-4-11(9-25-17)19(22,23)24/h4-5,7-9,12H,2-3,6,10H2,1H3/t12-/m1/s1. The molecule has 2 aromatic rings. The molecule has 0 N–H and O–H groups in total. The Kier molecular flexibility index (Phi) is 6.16. The Morgan fingerprint density at radius 3 is 2.72 bits per heavy atom. The molecule has 10 heteroatoms. The van der Waals surface area contributed by atoms with Gasteiger partial charge in [-0.15, -0.1) is 0 Å². The fraction of sp³-hybridized carbons (Fsp3) is 0.368. The lowest BCUT2D eigenvalue weighted by Gasteiger charge is -2.26. The van der Waals surface area contributed by atoms with Crippen LogP contribution in [0.25, 0.3) is 0 Å². The number of hydrogen-bond donors (Lipinski definition) is 0. The van der Waals surface area contributed by atoms with Crippen LogP contribution >= 0.6 is 11.6 Å². The number of anilines is 1. The summed E-state index contributed by atoms with van der Waals surface area (Å²) >= 11 is 6.07. The van der Waals surface area contributed by atoms with Crippen LogP contribution in [0.3, 0.4) is 0 Å². The fourth-order valence-corrected chi connectivity index (χ4v) is 3.34. The van der Waals surface area contributed by atoms with Gasteiger partial charge in [0, 0.05) is 18.8 Å². The van der Waals surface area contributed by atoms with E-state index in [2.05, 4.69) is 9.72 Å². The van der Waals surface area contributed by atoms with E-state index >= 15 is 0 Å². The van der Waals surface area contributed by atoms with Crippen LogP contribution in [0.2, 0.25) is 5.02 Å². The molecular formula is C19H17ClF4N2O3. The number of nitrogens with zero attached hydrogens (tertiary/aromatic N) is 2. The Morgan fingerprint density at radius 1 is 1.34 bits per heavy atom. The molecule has 1 aliphatic heterocycles. The van der Waals surface area contributed by atoms with Gasteiger partial charge >= 0.3 is 12.1 Å². The fourth-order valence-electron chi connectivity index (χ4n) is 3.13. The second-order valence-electron chi connectivity index (χ2n) is 6.46. The van der Waals surface area contributed by atoms with Gasteiger partial charge in [-0.25, -0.2) is 14.2 Å². The number of methoxy groups -OCH3 is 1. The highest BCUT2D eigenvalue weighted by Gasteiger charge is 2.32. The summed E-state index contributed by atoms with van der Waals surface area (Å²) < 4.78 is 62.3. The highest BCUT2D eigenvalue weighted by atomic mass is 35.5. The van der Waals surface area contributed by atoms with E-state index in [4.69, 9.17) is 16.3 Å². The third-order valence-corrected chi connectivity index (χ3v) is 4.90. The Morgan fingerprint density at radius 2 is 2.10 bits per heavy atom. The Hall–Kier alpha value is -2.55. The molecule has 0 radical (unpaired) electrons. The lowest BCUT2D eigenvalue weighted by Crippen LogP contribution is -2.34. The van der Waals surface area contributed by atoms with Crippen LogP contribution in [0.5, 0.6) is 5.75 Å². The molecule has 1 aromatic heterocycles. The molecule has 1 aromatic carbocycles. The summed E-state index contributed by atoms with van der Waals surface area (Å²) in [6, 6.07) is 4.26. The zero-order valence-corrected chi connectivity index (χ0v) is 16.1. The summed E-state index contributed by atoms with van der Waals surface area (Å²) in [6.45, 7) is 0.731. The second kappa shape index (κ2) is 8.44. The molecule has 3 rings (SSSR count). The van der Waals surface area contributed by atoms with Gasteiger partial charge in [0.15, 0.2) is 0 Å². The molecule has 5 nitrogen and oxygen atoms in total. The van der Waals surface area contributed by atoms with Gasteiger partial charge in [0.25, 0.3) is 0 Å². The third kappa shape index (κ3) is 4.72. The zero-order valence-electron chi connectivity index (χ0n) is 15.3. The second-order valence-corrected chi connectivity index (χ2v) is 6.86. The monoisotopic (exact) mass is 432 g/mol. The Labute approximate surface area is 169 Å². The molecule has 0 amide bonds. The van der Waals surface area contributed by atoms with Crippen molar-refractivity contribution >= 4 is 23.4 Å². The van der Waals surface area contributed by atoms with Gasteiger partial charge in [-0.3, -0.25) is 0 Å². The Bertz CT molecular complexity index is 890. The number of aromatic nitrogens is 1. The van der Waals surface area contributed by atoms with Crippen LogP contribution < -0.4 is 9.64 Å². The SMILES string of the molecule is COC(=O)c1cc(Cl)c(OC[C@H]2CCCN2c2ccc(C(F)(F)F)cn2)cc1F. The minimum Gasteiger partial charge on any atom is -0.490 e. The number of alkyl halides is 3. The summed E-state index contributed by atoms with van der Waals surface area (Å²) in [5.41, 5.74) is -1.12. The molecule has 0 saturated carbocycles. The van der Waals surface area contributed by atoms with Gasteiger partial charge in [0.2, 0.25) is 0 Å². The van der Waals surface area contributed by atoms with Crippen LogP contribution in [-0.4, -0.2) is 37.3 Å². The van der Waals surface area contributed by atoms with Crippen molar-refractivity contribution in [3.05, 3.63) is 52.4 Å². The van der Waals surface area contributed by atoms with Crippen molar-refractivity contribution in [1.29, 1.82) is 0 Å². The van der Waals surface area contributed by atoms with E-state index in [0.717, 1.165) is 44.3 Å². The molecule has 1 aliphatic rings. The maximum absolute atomic E-state index is 14.1. The number of pyridine rings is 1. The van der Waals surface area contributed by atoms with Gasteiger partial charge in [-0.2, -0.15) is 13.2 Å². The van der Waals surface area contributed by atoms with Crippen molar-refractivity contribution in [2.75, 3.05) is 25.2 Å². The third-order valence-electron chi connectivity index (χ3n) is 4.60. The number of halogens is 5. The number of esters is 1. The van der Waals surface area contributed by atoms with Crippen LogP contribution in [0.1, 0.15) is 28.8 Å². The predicted octanol–water partition coefficient (Wildman–Crippen LogP) is 4.73. The molecule has 0 unspecified atom stereocenters. The zero-order chi connectivity index (χ0) is 21.2. The molecule has 0 spiro atoms. The number of hydrogen-bond acceptors (Lipinski definition) is 5. The molecule has 29 heavy (non-hydrogen) atoms. The summed E-state index contributed by atoms with van der Waals surface area (Å²) in [7, 11) is 1.13. The average molecular weight is 433 g/mol. The molecular weight excluding hydrogens is 416 g/mol.